The Morgan fingerprint density at radius 3 is 2.84 bits per heavy atom. The standard InChI is InChI=1S/C22H22BrNS/c1-22(2)17-11-14(23)8-10-19(17)24-20-16-9-7-13-5-3-4-6-15(13)21(16)25-12-18(20)22/h3-6,8,10-11,18,20,24H,7,9,12H2,1-2H3. The van der Waals surface area contributed by atoms with Crippen LogP contribution in [0.3, 0.4) is 0 Å². The van der Waals surface area contributed by atoms with Gasteiger partial charge in [-0.3, -0.25) is 0 Å². The highest BCUT2D eigenvalue weighted by molar-refractivity contribution is 9.10. The van der Waals surface area contributed by atoms with Crippen LogP contribution in [0.2, 0.25) is 0 Å². The van der Waals surface area contributed by atoms with Crippen molar-refractivity contribution in [1.29, 1.82) is 0 Å². The maximum Gasteiger partial charge on any atom is 0.0532 e. The highest BCUT2D eigenvalue weighted by atomic mass is 79.9. The lowest BCUT2D eigenvalue weighted by atomic mass is 9.65. The SMILES string of the molecule is CC1(C)c2cc(Br)ccc2NC2C3=C(SCC21)c1ccccc1CC3. The number of benzene rings is 2. The van der Waals surface area contributed by atoms with Crippen molar-refractivity contribution in [2.24, 2.45) is 5.92 Å². The Bertz CT molecular complexity index is 899. The molecule has 1 N–H and O–H groups in total. The van der Waals surface area contributed by atoms with Crippen molar-refractivity contribution < 1.29 is 0 Å². The van der Waals surface area contributed by atoms with Crippen LogP contribution in [-0.2, 0) is 11.8 Å². The quantitative estimate of drug-likeness (QED) is 0.550. The van der Waals surface area contributed by atoms with Gasteiger partial charge in [0, 0.05) is 26.7 Å². The molecule has 0 bridgehead atoms. The lowest BCUT2D eigenvalue weighted by Crippen LogP contribution is -2.50. The number of hydrogen-bond acceptors (Lipinski definition) is 2. The van der Waals surface area contributed by atoms with E-state index in [4.69, 9.17) is 0 Å². The molecule has 3 aliphatic rings. The maximum atomic E-state index is 3.92. The topological polar surface area (TPSA) is 12.0 Å². The molecule has 0 radical (unpaired) electrons. The van der Waals surface area contributed by atoms with Gasteiger partial charge in [-0.25, -0.2) is 0 Å². The summed E-state index contributed by atoms with van der Waals surface area (Å²) in [4.78, 5) is 1.55. The third kappa shape index (κ3) is 2.35. The smallest absolute Gasteiger partial charge is 0.0532 e. The van der Waals surface area contributed by atoms with E-state index in [1.165, 1.54) is 45.4 Å². The molecule has 2 aromatic carbocycles. The van der Waals surface area contributed by atoms with Gasteiger partial charge in [0.15, 0.2) is 0 Å². The summed E-state index contributed by atoms with van der Waals surface area (Å²) in [6.07, 6.45) is 2.36. The Morgan fingerprint density at radius 1 is 1.12 bits per heavy atom. The van der Waals surface area contributed by atoms with Gasteiger partial charge in [0.25, 0.3) is 0 Å². The van der Waals surface area contributed by atoms with E-state index in [0.717, 1.165) is 0 Å². The van der Waals surface area contributed by atoms with Gasteiger partial charge in [0.05, 0.1) is 6.04 Å². The lowest BCUT2D eigenvalue weighted by Gasteiger charge is -2.50. The highest BCUT2D eigenvalue weighted by Gasteiger charge is 2.47. The van der Waals surface area contributed by atoms with E-state index in [9.17, 15) is 0 Å². The zero-order chi connectivity index (χ0) is 17.2. The van der Waals surface area contributed by atoms with E-state index in [0.29, 0.717) is 12.0 Å². The van der Waals surface area contributed by atoms with Gasteiger partial charge in [0.1, 0.15) is 0 Å². The van der Waals surface area contributed by atoms with Crippen LogP contribution in [0.15, 0.2) is 52.5 Å². The molecule has 128 valence electrons. The van der Waals surface area contributed by atoms with E-state index in [2.05, 4.69) is 89.3 Å². The molecule has 2 aliphatic heterocycles. The average Bonchev–Trinajstić information content (AvgIpc) is 2.62. The number of thioether (sulfide) groups is 1. The number of rotatable bonds is 0. The van der Waals surface area contributed by atoms with Crippen LogP contribution in [-0.4, -0.2) is 11.8 Å². The fourth-order valence-electron chi connectivity index (χ4n) is 4.85. The molecule has 0 saturated heterocycles. The zero-order valence-corrected chi connectivity index (χ0v) is 17.0. The van der Waals surface area contributed by atoms with Crippen LogP contribution in [0, 0.1) is 5.92 Å². The summed E-state index contributed by atoms with van der Waals surface area (Å²) in [5, 5.41) is 3.92. The number of aryl methyl sites for hydroxylation is 1. The van der Waals surface area contributed by atoms with Crippen LogP contribution in [0.25, 0.3) is 4.91 Å². The largest absolute Gasteiger partial charge is 0.378 e. The number of fused-ring (bicyclic) bond motifs is 5. The second-order valence-corrected chi connectivity index (χ2v) is 9.91. The van der Waals surface area contributed by atoms with E-state index < -0.39 is 0 Å². The normalized spacial score (nSPS) is 26.0. The molecule has 1 aliphatic carbocycles. The summed E-state index contributed by atoms with van der Waals surface area (Å²) in [5.41, 5.74) is 7.58. The van der Waals surface area contributed by atoms with Crippen molar-refractivity contribution >= 4 is 38.3 Å². The number of nitrogens with one attached hydrogen (secondary N) is 1. The Morgan fingerprint density at radius 2 is 1.96 bits per heavy atom. The summed E-state index contributed by atoms with van der Waals surface area (Å²) < 4.78 is 1.18. The molecule has 1 nitrogen and oxygen atoms in total. The highest BCUT2D eigenvalue weighted by Crippen LogP contribution is 2.54. The molecule has 2 atom stereocenters. The second-order valence-electron chi connectivity index (χ2n) is 7.96. The minimum absolute atomic E-state index is 0.178. The molecule has 0 saturated carbocycles. The van der Waals surface area contributed by atoms with Crippen molar-refractivity contribution in [1.82, 2.24) is 0 Å². The molecule has 0 amide bonds. The lowest BCUT2D eigenvalue weighted by molar-refractivity contribution is 0.310. The van der Waals surface area contributed by atoms with Crippen LogP contribution in [0.4, 0.5) is 5.69 Å². The molecular formula is C22H22BrNS. The van der Waals surface area contributed by atoms with Crippen molar-refractivity contribution in [2.75, 3.05) is 11.1 Å². The maximum absolute atomic E-state index is 3.92. The van der Waals surface area contributed by atoms with Gasteiger partial charge in [-0.1, -0.05) is 54.0 Å². The van der Waals surface area contributed by atoms with Gasteiger partial charge in [-0.2, -0.15) is 0 Å². The van der Waals surface area contributed by atoms with Gasteiger partial charge in [0.2, 0.25) is 0 Å². The Labute approximate surface area is 162 Å². The number of halogens is 1. The third-order valence-electron chi connectivity index (χ3n) is 6.32. The first-order chi connectivity index (χ1) is 12.1. The first-order valence-electron chi connectivity index (χ1n) is 9.06. The Hall–Kier alpha value is -1.19. The van der Waals surface area contributed by atoms with Crippen molar-refractivity contribution in [3.8, 4) is 0 Å². The first-order valence-corrected chi connectivity index (χ1v) is 10.8. The van der Waals surface area contributed by atoms with Crippen LogP contribution < -0.4 is 5.32 Å². The van der Waals surface area contributed by atoms with Crippen molar-refractivity contribution in [3.63, 3.8) is 0 Å². The van der Waals surface area contributed by atoms with Crippen LogP contribution in [0.5, 0.6) is 0 Å². The fraction of sp³-hybridized carbons (Fsp3) is 0.364. The molecule has 5 rings (SSSR count). The molecule has 3 heteroatoms. The van der Waals surface area contributed by atoms with Crippen molar-refractivity contribution in [2.45, 2.75) is 38.1 Å². The Balaban J connectivity index is 1.65. The minimum atomic E-state index is 0.178. The third-order valence-corrected chi connectivity index (χ3v) is 8.11. The fourth-order valence-corrected chi connectivity index (χ4v) is 6.94. The predicted octanol–water partition coefficient (Wildman–Crippen LogP) is 6.24. The molecule has 2 aromatic rings. The second kappa shape index (κ2) is 5.65. The van der Waals surface area contributed by atoms with E-state index in [1.54, 1.807) is 10.5 Å². The predicted molar refractivity (Wildman–Crippen MR) is 112 cm³/mol. The summed E-state index contributed by atoms with van der Waals surface area (Å²) in [5.74, 6) is 1.81. The molecule has 25 heavy (non-hydrogen) atoms. The monoisotopic (exact) mass is 411 g/mol. The minimum Gasteiger partial charge on any atom is -0.378 e. The summed E-state index contributed by atoms with van der Waals surface area (Å²) in [6.45, 7) is 4.86. The van der Waals surface area contributed by atoms with E-state index in [1.807, 2.05) is 0 Å². The van der Waals surface area contributed by atoms with E-state index in [-0.39, 0.29) is 5.41 Å². The average molecular weight is 412 g/mol. The van der Waals surface area contributed by atoms with Crippen molar-refractivity contribution in [3.05, 3.63) is 69.2 Å². The summed E-state index contributed by atoms with van der Waals surface area (Å²) in [7, 11) is 0. The number of anilines is 1. The first kappa shape index (κ1) is 16.0. The summed E-state index contributed by atoms with van der Waals surface area (Å²) in [6, 6.07) is 16.2. The molecular weight excluding hydrogens is 390 g/mol. The molecule has 2 unspecified atom stereocenters. The van der Waals surface area contributed by atoms with Crippen LogP contribution in [0.1, 0.15) is 37.0 Å². The Kier molecular flexibility index (Phi) is 3.62. The van der Waals surface area contributed by atoms with Crippen LogP contribution >= 0.6 is 27.7 Å². The molecule has 0 fully saturated rings. The van der Waals surface area contributed by atoms with Gasteiger partial charge in [-0.15, -0.1) is 11.8 Å². The zero-order valence-electron chi connectivity index (χ0n) is 14.6. The molecule has 2 heterocycles. The van der Waals surface area contributed by atoms with Gasteiger partial charge < -0.3 is 5.32 Å². The van der Waals surface area contributed by atoms with Gasteiger partial charge >= 0.3 is 0 Å². The molecule has 0 spiro atoms. The number of hydrogen-bond donors (Lipinski definition) is 1. The van der Waals surface area contributed by atoms with Gasteiger partial charge in [-0.05, 0) is 58.7 Å². The molecule has 0 aromatic heterocycles. The summed E-state index contributed by atoms with van der Waals surface area (Å²) >= 11 is 5.75. The van der Waals surface area contributed by atoms with E-state index >= 15 is 0 Å².